The number of benzene rings is 2. The first-order valence-corrected chi connectivity index (χ1v) is 8.82. The van der Waals surface area contributed by atoms with E-state index < -0.39 is 0 Å². The molecule has 1 unspecified atom stereocenters. The van der Waals surface area contributed by atoms with Crippen LogP contribution in [0.2, 0.25) is 0 Å². The van der Waals surface area contributed by atoms with Gasteiger partial charge in [-0.25, -0.2) is 4.39 Å². The van der Waals surface area contributed by atoms with Crippen molar-refractivity contribution in [3.05, 3.63) is 68.8 Å². The molecule has 1 amide bonds. The van der Waals surface area contributed by atoms with E-state index in [4.69, 9.17) is 0 Å². The van der Waals surface area contributed by atoms with Crippen LogP contribution in [-0.2, 0) is 0 Å². The van der Waals surface area contributed by atoms with Crippen molar-refractivity contribution >= 4 is 43.3 Å². The lowest BCUT2D eigenvalue weighted by Crippen LogP contribution is -2.26. The Labute approximate surface area is 146 Å². The van der Waals surface area contributed by atoms with Gasteiger partial charge in [0.15, 0.2) is 0 Å². The molecule has 1 aromatic heterocycles. The molecule has 0 aliphatic carbocycles. The average Bonchev–Trinajstić information content (AvgIpc) is 2.86. The van der Waals surface area contributed by atoms with Crippen LogP contribution in [0.15, 0.2) is 46.9 Å². The number of rotatable bonds is 3. The number of thiophene rings is 1. The molecule has 2 aromatic carbocycles. The SMILES string of the molecule is Cc1c(C(=O)NC(C)c2ccc(Br)cc2)sc2cccc(F)c12. The van der Waals surface area contributed by atoms with Gasteiger partial charge in [-0.3, -0.25) is 4.79 Å². The maximum atomic E-state index is 14.0. The number of hydrogen-bond donors (Lipinski definition) is 1. The monoisotopic (exact) mass is 391 g/mol. The first kappa shape index (κ1) is 16.1. The van der Waals surface area contributed by atoms with Gasteiger partial charge in [0, 0.05) is 14.6 Å². The molecule has 0 radical (unpaired) electrons. The highest BCUT2D eigenvalue weighted by Crippen LogP contribution is 2.32. The van der Waals surface area contributed by atoms with Gasteiger partial charge in [-0.15, -0.1) is 11.3 Å². The van der Waals surface area contributed by atoms with Crippen LogP contribution in [0.5, 0.6) is 0 Å². The Kier molecular flexibility index (Phi) is 4.50. The summed E-state index contributed by atoms with van der Waals surface area (Å²) in [6.07, 6.45) is 0. The highest BCUT2D eigenvalue weighted by atomic mass is 79.9. The van der Waals surface area contributed by atoms with Gasteiger partial charge in [0.2, 0.25) is 0 Å². The predicted molar refractivity (Wildman–Crippen MR) is 96.5 cm³/mol. The molecule has 3 aromatic rings. The normalized spacial score (nSPS) is 12.3. The smallest absolute Gasteiger partial charge is 0.262 e. The van der Waals surface area contributed by atoms with Crippen molar-refractivity contribution in [1.82, 2.24) is 5.32 Å². The first-order valence-electron chi connectivity index (χ1n) is 7.21. The molecule has 1 N–H and O–H groups in total. The predicted octanol–water partition coefficient (Wildman–Crippen LogP) is 5.60. The van der Waals surface area contributed by atoms with Crippen LogP contribution in [-0.4, -0.2) is 5.91 Å². The van der Waals surface area contributed by atoms with Crippen molar-refractivity contribution in [1.29, 1.82) is 0 Å². The Hall–Kier alpha value is -1.72. The van der Waals surface area contributed by atoms with E-state index in [1.165, 1.54) is 17.4 Å². The molecule has 5 heteroatoms. The maximum absolute atomic E-state index is 14.0. The van der Waals surface area contributed by atoms with Gasteiger partial charge >= 0.3 is 0 Å². The summed E-state index contributed by atoms with van der Waals surface area (Å²) in [6.45, 7) is 3.73. The Balaban J connectivity index is 1.87. The fraction of sp³-hybridized carbons (Fsp3) is 0.167. The molecule has 0 aliphatic rings. The van der Waals surface area contributed by atoms with Crippen LogP contribution in [0.25, 0.3) is 10.1 Å². The third-order valence-corrected chi connectivity index (χ3v) is 5.61. The third kappa shape index (κ3) is 3.16. The summed E-state index contributed by atoms with van der Waals surface area (Å²) >= 11 is 4.72. The van der Waals surface area contributed by atoms with Crippen LogP contribution in [0, 0.1) is 12.7 Å². The largest absolute Gasteiger partial charge is 0.345 e. The quantitative estimate of drug-likeness (QED) is 0.618. The van der Waals surface area contributed by atoms with Crippen LogP contribution in [0.1, 0.15) is 33.8 Å². The number of nitrogens with one attached hydrogen (secondary N) is 1. The number of carbonyl (C=O) groups is 1. The Bertz CT molecular complexity index is 873. The lowest BCUT2D eigenvalue weighted by Gasteiger charge is -2.14. The van der Waals surface area contributed by atoms with Gasteiger partial charge in [0.05, 0.1) is 10.9 Å². The van der Waals surface area contributed by atoms with E-state index in [1.807, 2.05) is 37.3 Å². The molecule has 3 rings (SSSR count). The molecule has 23 heavy (non-hydrogen) atoms. The zero-order valence-corrected chi connectivity index (χ0v) is 15.1. The average molecular weight is 392 g/mol. The Morgan fingerprint density at radius 3 is 2.57 bits per heavy atom. The second-order valence-corrected chi connectivity index (χ2v) is 7.38. The number of fused-ring (bicyclic) bond motifs is 1. The lowest BCUT2D eigenvalue weighted by molar-refractivity contribution is 0.0943. The van der Waals surface area contributed by atoms with E-state index in [-0.39, 0.29) is 17.8 Å². The molecule has 1 heterocycles. The summed E-state index contributed by atoms with van der Waals surface area (Å²) in [4.78, 5) is 13.1. The Morgan fingerprint density at radius 2 is 1.91 bits per heavy atom. The second-order valence-electron chi connectivity index (χ2n) is 5.42. The zero-order valence-electron chi connectivity index (χ0n) is 12.7. The first-order chi connectivity index (χ1) is 11.0. The second kappa shape index (κ2) is 6.42. The Morgan fingerprint density at radius 1 is 1.22 bits per heavy atom. The summed E-state index contributed by atoms with van der Waals surface area (Å²) < 4.78 is 15.8. The van der Waals surface area contributed by atoms with E-state index >= 15 is 0 Å². The van der Waals surface area contributed by atoms with Crippen molar-refractivity contribution in [3.63, 3.8) is 0 Å². The molecule has 0 bridgehead atoms. The summed E-state index contributed by atoms with van der Waals surface area (Å²) in [6, 6.07) is 12.6. The molecular formula is C18H15BrFNOS. The van der Waals surface area contributed by atoms with Gasteiger partial charge in [0.25, 0.3) is 5.91 Å². The van der Waals surface area contributed by atoms with Crippen molar-refractivity contribution in [2.45, 2.75) is 19.9 Å². The van der Waals surface area contributed by atoms with Crippen molar-refractivity contribution in [3.8, 4) is 0 Å². The van der Waals surface area contributed by atoms with Crippen molar-refractivity contribution in [2.75, 3.05) is 0 Å². The molecule has 1 atom stereocenters. The molecule has 2 nitrogen and oxygen atoms in total. The van der Waals surface area contributed by atoms with Crippen molar-refractivity contribution < 1.29 is 9.18 Å². The molecule has 0 fully saturated rings. The fourth-order valence-electron chi connectivity index (χ4n) is 2.57. The lowest BCUT2D eigenvalue weighted by atomic mass is 10.1. The van der Waals surface area contributed by atoms with E-state index in [2.05, 4.69) is 21.2 Å². The number of hydrogen-bond acceptors (Lipinski definition) is 2. The summed E-state index contributed by atoms with van der Waals surface area (Å²) in [5.41, 5.74) is 1.72. The minimum Gasteiger partial charge on any atom is -0.345 e. The summed E-state index contributed by atoms with van der Waals surface area (Å²) in [7, 11) is 0. The molecule has 0 saturated carbocycles. The van der Waals surface area contributed by atoms with Crippen molar-refractivity contribution in [2.24, 2.45) is 0 Å². The molecule has 0 aliphatic heterocycles. The third-order valence-electron chi connectivity index (χ3n) is 3.83. The van der Waals surface area contributed by atoms with Crippen LogP contribution < -0.4 is 5.32 Å². The minimum absolute atomic E-state index is 0.120. The van der Waals surface area contributed by atoms with Gasteiger partial charge in [-0.05, 0) is 49.2 Å². The topological polar surface area (TPSA) is 29.1 Å². The van der Waals surface area contributed by atoms with Gasteiger partial charge in [-0.2, -0.15) is 0 Å². The maximum Gasteiger partial charge on any atom is 0.262 e. The zero-order chi connectivity index (χ0) is 16.6. The number of aryl methyl sites for hydroxylation is 1. The molecule has 0 spiro atoms. The van der Waals surface area contributed by atoms with Gasteiger partial charge in [-0.1, -0.05) is 34.1 Å². The van der Waals surface area contributed by atoms with Crippen LogP contribution in [0.4, 0.5) is 4.39 Å². The molecule has 118 valence electrons. The highest BCUT2D eigenvalue weighted by Gasteiger charge is 2.19. The summed E-state index contributed by atoms with van der Waals surface area (Å²) in [5.74, 6) is -0.449. The standard InChI is InChI=1S/C18H15BrFNOS/c1-10-16-14(20)4-3-5-15(16)23-17(10)18(22)21-11(2)12-6-8-13(19)9-7-12/h3-9,11H,1-2H3,(H,21,22). The minimum atomic E-state index is -0.281. The molecular weight excluding hydrogens is 377 g/mol. The fourth-order valence-corrected chi connectivity index (χ4v) is 3.96. The van der Waals surface area contributed by atoms with Crippen LogP contribution in [0.3, 0.4) is 0 Å². The van der Waals surface area contributed by atoms with Gasteiger partial charge < -0.3 is 5.32 Å². The highest BCUT2D eigenvalue weighted by molar-refractivity contribution is 9.10. The number of carbonyl (C=O) groups excluding carboxylic acids is 1. The summed E-state index contributed by atoms with van der Waals surface area (Å²) in [5, 5.41) is 3.53. The number of halogens is 2. The molecule has 0 saturated heterocycles. The van der Waals surface area contributed by atoms with Gasteiger partial charge in [0.1, 0.15) is 5.82 Å². The van der Waals surface area contributed by atoms with E-state index in [0.29, 0.717) is 15.8 Å². The van der Waals surface area contributed by atoms with E-state index in [1.54, 1.807) is 13.0 Å². The van der Waals surface area contributed by atoms with E-state index in [0.717, 1.165) is 14.7 Å². The number of amides is 1. The van der Waals surface area contributed by atoms with E-state index in [9.17, 15) is 9.18 Å². The van der Waals surface area contributed by atoms with Crippen LogP contribution >= 0.6 is 27.3 Å².